The van der Waals surface area contributed by atoms with Crippen LogP contribution in [0.15, 0.2) is 72.9 Å². The Hall–Kier alpha value is -3.56. The summed E-state index contributed by atoms with van der Waals surface area (Å²) < 4.78 is 27.3. The molecule has 218 valence electrons. The van der Waals surface area contributed by atoms with Gasteiger partial charge in [0, 0.05) is 38.1 Å². The van der Waals surface area contributed by atoms with Gasteiger partial charge in [-0.3, -0.25) is 9.59 Å². The first-order valence-electron chi connectivity index (χ1n) is 14.2. The number of hydrogen-bond donors (Lipinski definition) is 1. The topological polar surface area (TPSA) is 124 Å². The van der Waals surface area contributed by atoms with E-state index in [2.05, 4.69) is 0 Å². The Kier molecular flexibility index (Phi) is 10.3. The zero-order valence-electron chi connectivity index (χ0n) is 23.6. The van der Waals surface area contributed by atoms with Crippen LogP contribution in [0.4, 0.5) is 0 Å². The van der Waals surface area contributed by atoms with Crippen LogP contribution in [0.1, 0.15) is 53.6 Å². The first-order chi connectivity index (χ1) is 19.7. The summed E-state index contributed by atoms with van der Waals surface area (Å²) in [7, 11) is -3.65. The molecule has 1 aliphatic rings. The minimum Gasteiger partial charge on any atom is -0.619 e. The third-order valence-corrected chi connectivity index (χ3v) is 9.50. The van der Waals surface area contributed by atoms with E-state index in [1.807, 2.05) is 31.2 Å². The van der Waals surface area contributed by atoms with Crippen LogP contribution in [0, 0.1) is 18.0 Å². The van der Waals surface area contributed by atoms with Crippen LogP contribution in [0.25, 0.3) is 0 Å². The Balaban J connectivity index is 1.50. The lowest BCUT2D eigenvalue weighted by Gasteiger charge is -2.28. The molecule has 0 bridgehead atoms. The number of nitrogens with zero attached hydrogens (tertiary/aromatic N) is 2. The van der Waals surface area contributed by atoms with E-state index in [0.29, 0.717) is 43.6 Å². The molecule has 1 aliphatic heterocycles. The van der Waals surface area contributed by atoms with Crippen molar-refractivity contribution in [1.82, 2.24) is 4.90 Å². The molecule has 41 heavy (non-hydrogen) atoms. The van der Waals surface area contributed by atoms with E-state index >= 15 is 0 Å². The molecular formula is C32H39N3O5S. The first kappa shape index (κ1) is 30.4. The molecule has 1 aromatic heterocycles. The normalized spacial score (nSPS) is 16.0. The average Bonchev–Trinajstić information content (AvgIpc) is 3.45. The van der Waals surface area contributed by atoms with Crippen molar-refractivity contribution in [3.8, 4) is 0 Å². The van der Waals surface area contributed by atoms with E-state index in [0.717, 1.165) is 21.4 Å². The third-order valence-electron chi connectivity index (χ3n) is 7.82. The van der Waals surface area contributed by atoms with Crippen molar-refractivity contribution in [2.45, 2.75) is 63.8 Å². The number of likely N-dealkylation sites (tertiary alicyclic amines) is 1. The smallest absolute Gasteiger partial charge is 0.227 e. The third kappa shape index (κ3) is 8.24. The van der Waals surface area contributed by atoms with Gasteiger partial charge in [-0.05, 0) is 49.3 Å². The van der Waals surface area contributed by atoms with Crippen molar-refractivity contribution in [2.75, 3.05) is 12.3 Å². The number of benzene rings is 2. The highest BCUT2D eigenvalue weighted by Crippen LogP contribution is 2.26. The fraction of sp³-hybridized carbons (Fsp3) is 0.406. The van der Waals surface area contributed by atoms with Crippen LogP contribution in [0.5, 0.6) is 0 Å². The van der Waals surface area contributed by atoms with Crippen LogP contribution in [-0.4, -0.2) is 43.3 Å². The molecule has 0 aliphatic carbocycles. The molecule has 0 radical (unpaired) electrons. The van der Waals surface area contributed by atoms with Crippen molar-refractivity contribution < 1.29 is 22.7 Å². The number of aryl methyl sites for hydroxylation is 3. The molecular weight excluding hydrogens is 538 g/mol. The summed E-state index contributed by atoms with van der Waals surface area (Å²) >= 11 is 0. The van der Waals surface area contributed by atoms with Gasteiger partial charge in [0.2, 0.25) is 5.91 Å². The highest BCUT2D eigenvalue weighted by Gasteiger charge is 2.38. The number of Topliss-reactive ketones (excluding diaryl/α,β-unsaturated/α-hetero) is 1. The van der Waals surface area contributed by atoms with Gasteiger partial charge in [0.1, 0.15) is 0 Å². The van der Waals surface area contributed by atoms with Crippen LogP contribution >= 0.6 is 0 Å². The van der Waals surface area contributed by atoms with E-state index < -0.39 is 21.8 Å². The Bertz CT molecular complexity index is 1460. The Morgan fingerprint density at radius 1 is 1.05 bits per heavy atom. The fourth-order valence-corrected chi connectivity index (χ4v) is 7.40. The lowest BCUT2D eigenvalue weighted by molar-refractivity contribution is -0.614. The molecule has 3 aromatic rings. The summed E-state index contributed by atoms with van der Waals surface area (Å²) in [5.74, 6) is -1.73. The zero-order chi connectivity index (χ0) is 29.4. The number of carbonyl (C=O) groups is 2. The molecule has 0 saturated carbocycles. The number of rotatable bonds is 13. The fourth-order valence-electron chi connectivity index (χ4n) is 5.66. The number of aromatic nitrogens is 1. The number of sulfone groups is 1. The molecule has 9 heteroatoms. The number of nitrogens with two attached hydrogens (primary N) is 1. The van der Waals surface area contributed by atoms with Gasteiger partial charge >= 0.3 is 0 Å². The Labute approximate surface area is 242 Å². The van der Waals surface area contributed by atoms with Gasteiger partial charge in [0.25, 0.3) is 0 Å². The zero-order valence-corrected chi connectivity index (χ0v) is 24.4. The number of hydrogen-bond acceptors (Lipinski definition) is 6. The van der Waals surface area contributed by atoms with E-state index in [1.165, 1.54) is 6.20 Å². The van der Waals surface area contributed by atoms with Gasteiger partial charge in [0.05, 0.1) is 23.5 Å². The van der Waals surface area contributed by atoms with E-state index in [4.69, 9.17) is 5.73 Å². The van der Waals surface area contributed by atoms with Crippen LogP contribution in [-0.2, 0) is 44.6 Å². The number of ketones is 1. The molecule has 1 saturated heterocycles. The monoisotopic (exact) mass is 577 g/mol. The summed E-state index contributed by atoms with van der Waals surface area (Å²) in [6.45, 7) is 2.80. The number of pyridine rings is 1. The maximum absolute atomic E-state index is 13.9. The molecule has 0 spiro atoms. The second-order valence-electron chi connectivity index (χ2n) is 10.9. The van der Waals surface area contributed by atoms with Crippen molar-refractivity contribution >= 4 is 21.5 Å². The quantitative estimate of drug-likeness (QED) is 0.245. The summed E-state index contributed by atoms with van der Waals surface area (Å²) in [5, 5.41) is 12.2. The molecule has 0 unspecified atom stereocenters. The van der Waals surface area contributed by atoms with E-state index in [-0.39, 0.29) is 42.5 Å². The van der Waals surface area contributed by atoms with E-state index in [9.17, 15) is 23.2 Å². The van der Waals surface area contributed by atoms with Gasteiger partial charge in [-0.25, -0.2) is 8.42 Å². The SMILES string of the molecule is Cc1ccc(CN)c(CCC(=O)[C@@H]2CCCN2C(=O)[C@@H](CCc2cccc[n+]2[O-])CS(=O)(=O)Cc2ccccc2)c1. The first-order valence-corrected chi connectivity index (χ1v) is 16.0. The average molecular weight is 578 g/mol. The predicted octanol–water partition coefficient (Wildman–Crippen LogP) is 3.44. The summed E-state index contributed by atoms with van der Waals surface area (Å²) in [4.78, 5) is 28.9. The Morgan fingerprint density at radius 2 is 1.80 bits per heavy atom. The second-order valence-corrected chi connectivity index (χ2v) is 13.0. The van der Waals surface area contributed by atoms with Crippen molar-refractivity contribution in [3.05, 3.63) is 106 Å². The molecule has 2 atom stereocenters. The number of amides is 1. The van der Waals surface area contributed by atoms with Gasteiger partial charge in [-0.1, -0.05) is 60.2 Å². The van der Waals surface area contributed by atoms with Gasteiger partial charge < -0.3 is 15.8 Å². The van der Waals surface area contributed by atoms with Crippen LogP contribution in [0.2, 0.25) is 0 Å². The number of carbonyl (C=O) groups excluding carboxylic acids is 2. The maximum Gasteiger partial charge on any atom is 0.227 e. The highest BCUT2D eigenvalue weighted by atomic mass is 32.2. The van der Waals surface area contributed by atoms with Crippen LogP contribution < -0.4 is 10.5 Å². The van der Waals surface area contributed by atoms with Crippen molar-refractivity contribution in [1.29, 1.82) is 0 Å². The molecule has 2 heterocycles. The standard InChI is InChI=1S/C32H39N3O5S/c1-24-12-13-27(21-33)26(20-24)15-17-31(36)30-11-7-18-34(30)32(37)28(14-16-29-10-5-6-19-35(29)38)23-41(39,40)22-25-8-3-2-4-9-25/h2-6,8-10,12-13,19-20,28,30H,7,11,14-18,21-23,33H2,1H3/t28-,30-/m0/s1. The predicted molar refractivity (Wildman–Crippen MR) is 158 cm³/mol. The molecule has 1 fully saturated rings. The summed E-state index contributed by atoms with van der Waals surface area (Å²) in [5.41, 5.74) is 10.2. The molecule has 4 rings (SSSR count). The lowest BCUT2D eigenvalue weighted by Crippen LogP contribution is -2.45. The lowest BCUT2D eigenvalue weighted by atomic mass is 9.96. The second kappa shape index (κ2) is 13.9. The van der Waals surface area contributed by atoms with Gasteiger partial charge in [0.15, 0.2) is 27.5 Å². The van der Waals surface area contributed by atoms with Gasteiger partial charge in [-0.15, -0.1) is 0 Å². The van der Waals surface area contributed by atoms with Crippen molar-refractivity contribution in [3.63, 3.8) is 0 Å². The molecule has 8 nitrogen and oxygen atoms in total. The van der Waals surface area contributed by atoms with Gasteiger partial charge in [-0.2, -0.15) is 4.73 Å². The summed E-state index contributed by atoms with van der Waals surface area (Å²) in [6, 6.07) is 19.4. The van der Waals surface area contributed by atoms with Crippen LogP contribution in [0.3, 0.4) is 0 Å². The van der Waals surface area contributed by atoms with Crippen molar-refractivity contribution in [2.24, 2.45) is 11.7 Å². The largest absolute Gasteiger partial charge is 0.619 e. The van der Waals surface area contributed by atoms with E-state index in [1.54, 1.807) is 47.4 Å². The minimum absolute atomic E-state index is 0.0216. The molecule has 2 N–H and O–H groups in total. The maximum atomic E-state index is 13.9. The summed E-state index contributed by atoms with van der Waals surface area (Å²) in [6.07, 6.45) is 3.90. The highest BCUT2D eigenvalue weighted by molar-refractivity contribution is 7.90. The molecule has 2 aromatic carbocycles. The molecule has 1 amide bonds. The minimum atomic E-state index is -3.65. The Morgan fingerprint density at radius 3 is 2.54 bits per heavy atom.